The zero-order valence-corrected chi connectivity index (χ0v) is 6.36. The van der Waals surface area contributed by atoms with Crippen LogP contribution in [0.2, 0.25) is 0 Å². The second kappa shape index (κ2) is 3.71. The van der Waals surface area contributed by atoms with Gasteiger partial charge in [0.1, 0.15) is 6.54 Å². The molecule has 0 bridgehead atoms. The molecule has 0 aromatic rings. The number of hydrogen-bond acceptors (Lipinski definition) is 2. The van der Waals surface area contributed by atoms with E-state index in [1.165, 1.54) is 0 Å². The molecule has 64 valence electrons. The zero-order chi connectivity index (χ0) is 8.97. The van der Waals surface area contributed by atoms with Crippen molar-refractivity contribution in [3.63, 3.8) is 0 Å². The van der Waals surface area contributed by atoms with Crippen molar-refractivity contribution in [2.45, 2.75) is 0 Å². The third-order valence-corrected chi connectivity index (χ3v) is 1.46. The lowest BCUT2D eigenvalue weighted by molar-refractivity contribution is -0.138. The number of allylic oxidation sites excluding steroid dienone is 2. The van der Waals surface area contributed by atoms with Gasteiger partial charge in [-0.25, -0.2) is 0 Å². The normalized spacial score (nSPS) is 15.0. The number of nitrogens with one attached hydrogen (secondary N) is 1. The van der Waals surface area contributed by atoms with E-state index in [1.807, 2.05) is 0 Å². The first-order chi connectivity index (χ1) is 5.70. The van der Waals surface area contributed by atoms with Crippen LogP contribution in [0.3, 0.4) is 0 Å². The first-order valence-corrected chi connectivity index (χ1v) is 3.54. The maximum Gasteiger partial charge on any atom is 0.322 e. The van der Waals surface area contributed by atoms with E-state index in [4.69, 9.17) is 5.11 Å². The zero-order valence-electron chi connectivity index (χ0n) is 6.36. The summed E-state index contributed by atoms with van der Waals surface area (Å²) in [5.74, 6) is -1.61. The Morgan fingerprint density at radius 1 is 1.33 bits per heavy atom. The smallest absolute Gasteiger partial charge is 0.322 e. The molecule has 0 fully saturated rings. The molecule has 1 aliphatic rings. The van der Waals surface area contributed by atoms with Gasteiger partial charge in [-0.1, -0.05) is 24.3 Å². The van der Waals surface area contributed by atoms with E-state index in [9.17, 15) is 9.59 Å². The summed E-state index contributed by atoms with van der Waals surface area (Å²) in [6.45, 7) is -0.322. The number of amides is 1. The molecule has 1 amide bonds. The Bertz CT molecular complexity index is 243. The van der Waals surface area contributed by atoms with Crippen molar-refractivity contribution in [3.05, 3.63) is 24.3 Å². The molecule has 0 unspecified atom stereocenters. The predicted octanol–water partition coefficient (Wildman–Crippen LogP) is -0.0706. The van der Waals surface area contributed by atoms with Crippen molar-refractivity contribution in [3.8, 4) is 0 Å². The summed E-state index contributed by atoms with van der Waals surface area (Å²) in [5.41, 5.74) is 0. The second-order valence-corrected chi connectivity index (χ2v) is 2.41. The highest BCUT2D eigenvalue weighted by molar-refractivity contribution is 5.86. The lowest BCUT2D eigenvalue weighted by Crippen LogP contribution is -2.32. The van der Waals surface area contributed by atoms with E-state index in [1.54, 1.807) is 24.3 Å². The van der Waals surface area contributed by atoms with Crippen LogP contribution in [0.5, 0.6) is 0 Å². The topological polar surface area (TPSA) is 66.4 Å². The van der Waals surface area contributed by atoms with Gasteiger partial charge in [-0.2, -0.15) is 0 Å². The third kappa shape index (κ3) is 2.23. The molecule has 0 atom stereocenters. The van der Waals surface area contributed by atoms with Crippen LogP contribution in [0.1, 0.15) is 0 Å². The van der Waals surface area contributed by atoms with E-state index < -0.39 is 5.97 Å². The number of aliphatic carboxylic acids is 1. The minimum Gasteiger partial charge on any atom is -0.480 e. The number of carboxylic acid groups (broad SMARTS) is 1. The summed E-state index contributed by atoms with van der Waals surface area (Å²) in [7, 11) is 0. The SMILES string of the molecule is O=C(O)CNC(=O)C1C=CC=C1. The first kappa shape index (κ1) is 8.52. The maximum atomic E-state index is 11.1. The Balaban J connectivity index is 2.33. The molecule has 0 radical (unpaired) electrons. The molecule has 4 nitrogen and oxygen atoms in total. The quantitative estimate of drug-likeness (QED) is 0.618. The van der Waals surface area contributed by atoms with Crippen LogP contribution in [-0.2, 0) is 9.59 Å². The number of carbonyl (C=O) groups excluding carboxylic acids is 1. The summed E-state index contributed by atoms with van der Waals surface area (Å²) in [5, 5.41) is 10.5. The van der Waals surface area contributed by atoms with Crippen LogP contribution in [0.4, 0.5) is 0 Å². The molecule has 0 spiro atoms. The molecular formula is C8H9NO3. The minimum absolute atomic E-state index is 0.276. The lowest BCUT2D eigenvalue weighted by atomic mass is 10.1. The molecule has 0 aromatic carbocycles. The van der Waals surface area contributed by atoms with E-state index in [0.717, 1.165) is 0 Å². The largest absolute Gasteiger partial charge is 0.480 e. The van der Waals surface area contributed by atoms with Crippen LogP contribution in [0.15, 0.2) is 24.3 Å². The Morgan fingerprint density at radius 2 is 1.92 bits per heavy atom. The van der Waals surface area contributed by atoms with Gasteiger partial charge in [-0.15, -0.1) is 0 Å². The van der Waals surface area contributed by atoms with Crippen molar-refractivity contribution in [2.75, 3.05) is 6.54 Å². The van der Waals surface area contributed by atoms with Crippen LogP contribution < -0.4 is 5.32 Å². The van der Waals surface area contributed by atoms with Crippen molar-refractivity contribution in [2.24, 2.45) is 5.92 Å². The summed E-state index contributed by atoms with van der Waals surface area (Å²) >= 11 is 0. The van der Waals surface area contributed by atoms with Gasteiger partial charge in [-0.3, -0.25) is 9.59 Å². The molecule has 0 saturated carbocycles. The fourth-order valence-corrected chi connectivity index (χ4v) is 0.887. The van der Waals surface area contributed by atoms with Crippen LogP contribution in [0, 0.1) is 5.92 Å². The van der Waals surface area contributed by atoms with Gasteiger partial charge < -0.3 is 10.4 Å². The van der Waals surface area contributed by atoms with Gasteiger partial charge in [0, 0.05) is 0 Å². The Labute approximate surface area is 69.6 Å². The lowest BCUT2D eigenvalue weighted by Gasteiger charge is -2.04. The fourth-order valence-electron chi connectivity index (χ4n) is 0.887. The van der Waals surface area contributed by atoms with Crippen molar-refractivity contribution >= 4 is 11.9 Å². The van der Waals surface area contributed by atoms with Crippen molar-refractivity contribution in [1.82, 2.24) is 5.32 Å². The Hall–Kier alpha value is -1.58. The highest BCUT2D eigenvalue weighted by Crippen LogP contribution is 2.07. The Kier molecular flexibility index (Phi) is 2.63. The molecule has 0 saturated heterocycles. The standard InChI is InChI=1S/C8H9NO3/c10-7(11)5-9-8(12)6-3-1-2-4-6/h1-4,6H,5H2,(H,9,12)(H,10,11). The van der Waals surface area contributed by atoms with Gasteiger partial charge in [0.2, 0.25) is 5.91 Å². The molecule has 0 heterocycles. The minimum atomic E-state index is -1.03. The number of carbonyl (C=O) groups is 2. The first-order valence-electron chi connectivity index (χ1n) is 3.54. The van der Waals surface area contributed by atoms with Gasteiger partial charge in [0.15, 0.2) is 0 Å². The molecule has 1 rings (SSSR count). The van der Waals surface area contributed by atoms with E-state index in [2.05, 4.69) is 5.32 Å². The van der Waals surface area contributed by atoms with Gasteiger partial charge >= 0.3 is 5.97 Å². The molecular weight excluding hydrogens is 158 g/mol. The van der Waals surface area contributed by atoms with E-state index in [-0.39, 0.29) is 18.4 Å². The Morgan fingerprint density at radius 3 is 2.42 bits per heavy atom. The summed E-state index contributed by atoms with van der Waals surface area (Å²) < 4.78 is 0. The molecule has 12 heavy (non-hydrogen) atoms. The second-order valence-electron chi connectivity index (χ2n) is 2.41. The molecule has 0 aromatic heterocycles. The fraction of sp³-hybridized carbons (Fsp3) is 0.250. The van der Waals surface area contributed by atoms with E-state index in [0.29, 0.717) is 0 Å². The average Bonchev–Trinajstić information content (AvgIpc) is 2.51. The number of rotatable bonds is 3. The van der Waals surface area contributed by atoms with Crippen LogP contribution >= 0.6 is 0 Å². The molecule has 4 heteroatoms. The molecule has 1 aliphatic carbocycles. The van der Waals surface area contributed by atoms with Crippen LogP contribution in [0.25, 0.3) is 0 Å². The average molecular weight is 167 g/mol. The number of hydrogen-bond donors (Lipinski definition) is 2. The third-order valence-electron chi connectivity index (χ3n) is 1.46. The maximum absolute atomic E-state index is 11.1. The van der Waals surface area contributed by atoms with Crippen molar-refractivity contribution in [1.29, 1.82) is 0 Å². The number of carboxylic acids is 1. The molecule has 0 aliphatic heterocycles. The van der Waals surface area contributed by atoms with Gasteiger partial charge in [0.05, 0.1) is 5.92 Å². The van der Waals surface area contributed by atoms with Gasteiger partial charge in [0.25, 0.3) is 0 Å². The van der Waals surface area contributed by atoms with Crippen molar-refractivity contribution < 1.29 is 14.7 Å². The monoisotopic (exact) mass is 167 g/mol. The highest BCUT2D eigenvalue weighted by atomic mass is 16.4. The summed E-state index contributed by atoms with van der Waals surface area (Å²) in [4.78, 5) is 21.1. The van der Waals surface area contributed by atoms with Gasteiger partial charge in [-0.05, 0) is 0 Å². The predicted molar refractivity (Wildman–Crippen MR) is 42.4 cm³/mol. The van der Waals surface area contributed by atoms with E-state index >= 15 is 0 Å². The van der Waals surface area contributed by atoms with Crippen LogP contribution in [-0.4, -0.2) is 23.5 Å². The highest BCUT2D eigenvalue weighted by Gasteiger charge is 2.13. The summed E-state index contributed by atoms with van der Waals surface area (Å²) in [6.07, 6.45) is 6.92. The summed E-state index contributed by atoms with van der Waals surface area (Å²) in [6, 6.07) is 0. The molecule has 2 N–H and O–H groups in total.